The van der Waals surface area contributed by atoms with Crippen LogP contribution in [0, 0.1) is 0 Å². The van der Waals surface area contributed by atoms with Gasteiger partial charge in [-0.2, -0.15) is 5.10 Å². The summed E-state index contributed by atoms with van der Waals surface area (Å²) in [6.45, 7) is 6.12. The predicted molar refractivity (Wildman–Crippen MR) is 72.8 cm³/mol. The fraction of sp³-hybridized carbons (Fsp3) is 0.769. The minimum atomic E-state index is -0.325. The lowest BCUT2D eigenvalue weighted by Crippen LogP contribution is -2.38. The molecule has 0 aromatic heterocycles. The molecule has 108 valence electrons. The molecule has 0 radical (unpaired) electrons. The number of hydrogen-bond acceptors (Lipinski definition) is 5. The van der Waals surface area contributed by atoms with Crippen molar-refractivity contribution in [1.29, 1.82) is 0 Å². The third kappa shape index (κ3) is 6.91. The maximum Gasteiger partial charge on any atom is 0.311 e. The quantitative estimate of drug-likeness (QED) is 0.442. The summed E-state index contributed by atoms with van der Waals surface area (Å²) in [6.07, 6.45) is 3.66. The average molecular weight is 269 g/mol. The Morgan fingerprint density at radius 1 is 1.26 bits per heavy atom. The van der Waals surface area contributed by atoms with E-state index in [2.05, 4.69) is 15.4 Å². The van der Waals surface area contributed by atoms with Gasteiger partial charge < -0.3 is 4.74 Å². The molecule has 6 heteroatoms. The minimum absolute atomic E-state index is 0.109. The van der Waals surface area contributed by atoms with Crippen LogP contribution in [0.5, 0.6) is 0 Å². The molecule has 0 spiro atoms. The van der Waals surface area contributed by atoms with Crippen LogP contribution in [0.3, 0.4) is 0 Å². The molecule has 1 rings (SSSR count). The van der Waals surface area contributed by atoms with Crippen LogP contribution in [0.4, 0.5) is 0 Å². The van der Waals surface area contributed by atoms with Crippen LogP contribution >= 0.6 is 0 Å². The third-order valence-electron chi connectivity index (χ3n) is 2.89. The SMILES string of the molecule is CCOC(=O)C/C(C)=N\NC(=O)CN1CCCCC1. The van der Waals surface area contributed by atoms with Crippen LogP contribution in [0.25, 0.3) is 0 Å². The Balaban J connectivity index is 2.25. The van der Waals surface area contributed by atoms with E-state index in [-0.39, 0.29) is 18.3 Å². The first-order chi connectivity index (χ1) is 9.11. The molecule has 19 heavy (non-hydrogen) atoms. The maximum atomic E-state index is 11.7. The lowest BCUT2D eigenvalue weighted by Gasteiger charge is -2.25. The monoisotopic (exact) mass is 269 g/mol. The minimum Gasteiger partial charge on any atom is -0.466 e. The molecular weight excluding hydrogens is 246 g/mol. The summed E-state index contributed by atoms with van der Waals surface area (Å²) in [5.41, 5.74) is 3.02. The first-order valence-electron chi connectivity index (χ1n) is 6.81. The molecule has 1 fully saturated rings. The second-order valence-corrected chi connectivity index (χ2v) is 4.70. The molecule has 1 amide bonds. The van der Waals surface area contributed by atoms with Crippen molar-refractivity contribution in [2.75, 3.05) is 26.2 Å². The van der Waals surface area contributed by atoms with Crippen molar-refractivity contribution in [3.63, 3.8) is 0 Å². The van der Waals surface area contributed by atoms with E-state index in [1.54, 1.807) is 13.8 Å². The largest absolute Gasteiger partial charge is 0.466 e. The molecule has 0 bridgehead atoms. The van der Waals surface area contributed by atoms with Gasteiger partial charge in [-0.3, -0.25) is 14.5 Å². The Morgan fingerprint density at radius 3 is 2.58 bits per heavy atom. The Hall–Kier alpha value is -1.43. The molecule has 0 atom stereocenters. The Labute approximate surface area is 114 Å². The summed E-state index contributed by atoms with van der Waals surface area (Å²) in [5, 5.41) is 3.90. The first-order valence-corrected chi connectivity index (χ1v) is 6.81. The molecule has 1 aliphatic heterocycles. The predicted octanol–water partition coefficient (Wildman–Crippen LogP) is 0.918. The van der Waals surface area contributed by atoms with Crippen molar-refractivity contribution in [3.05, 3.63) is 0 Å². The number of esters is 1. The van der Waals surface area contributed by atoms with Crippen LogP contribution in [-0.2, 0) is 14.3 Å². The van der Waals surface area contributed by atoms with E-state index < -0.39 is 0 Å². The highest BCUT2D eigenvalue weighted by Crippen LogP contribution is 2.07. The fourth-order valence-corrected chi connectivity index (χ4v) is 1.97. The van der Waals surface area contributed by atoms with Gasteiger partial charge in [-0.05, 0) is 39.8 Å². The lowest BCUT2D eigenvalue weighted by atomic mass is 10.1. The smallest absolute Gasteiger partial charge is 0.311 e. The number of nitrogens with zero attached hydrogens (tertiary/aromatic N) is 2. The molecule has 0 aliphatic carbocycles. The number of hydrazone groups is 1. The van der Waals surface area contributed by atoms with E-state index in [4.69, 9.17) is 4.74 Å². The van der Waals surface area contributed by atoms with Gasteiger partial charge in [0.2, 0.25) is 0 Å². The van der Waals surface area contributed by atoms with Crippen molar-refractivity contribution < 1.29 is 14.3 Å². The zero-order valence-corrected chi connectivity index (χ0v) is 11.8. The average Bonchev–Trinajstić information content (AvgIpc) is 2.38. The molecule has 1 heterocycles. The molecule has 1 N–H and O–H groups in total. The number of nitrogens with one attached hydrogen (secondary N) is 1. The van der Waals surface area contributed by atoms with Crippen LogP contribution in [0.2, 0.25) is 0 Å². The molecule has 1 saturated heterocycles. The van der Waals surface area contributed by atoms with Crippen molar-refractivity contribution in [2.45, 2.75) is 39.5 Å². The summed E-state index contributed by atoms with van der Waals surface area (Å²) in [5.74, 6) is -0.459. The van der Waals surface area contributed by atoms with E-state index in [1.807, 2.05) is 0 Å². The summed E-state index contributed by atoms with van der Waals surface area (Å²) in [6, 6.07) is 0. The van der Waals surface area contributed by atoms with Crippen LogP contribution in [0.15, 0.2) is 5.10 Å². The number of hydrogen-bond donors (Lipinski definition) is 1. The van der Waals surface area contributed by atoms with Gasteiger partial charge in [-0.15, -0.1) is 0 Å². The van der Waals surface area contributed by atoms with Gasteiger partial charge in [0, 0.05) is 5.71 Å². The van der Waals surface area contributed by atoms with E-state index in [1.165, 1.54) is 6.42 Å². The molecule has 0 aromatic carbocycles. The maximum absolute atomic E-state index is 11.7. The second-order valence-electron chi connectivity index (χ2n) is 4.70. The molecule has 1 aliphatic rings. The van der Waals surface area contributed by atoms with Gasteiger partial charge in [0.05, 0.1) is 19.6 Å². The summed E-state index contributed by atoms with van der Waals surface area (Å²) in [4.78, 5) is 25.0. The molecule has 6 nitrogen and oxygen atoms in total. The van der Waals surface area contributed by atoms with E-state index in [9.17, 15) is 9.59 Å². The topological polar surface area (TPSA) is 71.0 Å². The highest BCUT2D eigenvalue weighted by Gasteiger charge is 2.13. The van der Waals surface area contributed by atoms with E-state index >= 15 is 0 Å². The molecular formula is C13H23N3O3. The summed E-state index contributed by atoms with van der Waals surface area (Å²) < 4.78 is 4.80. The standard InChI is InChI=1S/C13H23N3O3/c1-3-19-13(18)9-11(2)14-15-12(17)10-16-7-5-4-6-8-16/h3-10H2,1-2H3,(H,15,17)/b14-11-. The second kappa shape index (κ2) is 8.63. The third-order valence-corrected chi connectivity index (χ3v) is 2.89. The number of piperidine rings is 1. The number of rotatable bonds is 6. The van der Waals surface area contributed by atoms with E-state index in [0.717, 1.165) is 25.9 Å². The Kier molecular flexibility index (Phi) is 7.10. The highest BCUT2D eigenvalue weighted by atomic mass is 16.5. The van der Waals surface area contributed by atoms with Crippen molar-refractivity contribution in [2.24, 2.45) is 5.10 Å². The first kappa shape index (κ1) is 15.6. The van der Waals surface area contributed by atoms with Gasteiger partial charge >= 0.3 is 5.97 Å². The number of ether oxygens (including phenoxy) is 1. The number of amides is 1. The van der Waals surface area contributed by atoms with Crippen molar-refractivity contribution >= 4 is 17.6 Å². The van der Waals surface area contributed by atoms with Crippen LogP contribution in [-0.4, -0.2) is 48.7 Å². The fourth-order valence-electron chi connectivity index (χ4n) is 1.97. The van der Waals surface area contributed by atoms with E-state index in [0.29, 0.717) is 18.9 Å². The summed E-state index contributed by atoms with van der Waals surface area (Å²) >= 11 is 0. The lowest BCUT2D eigenvalue weighted by molar-refractivity contribution is -0.141. The zero-order valence-electron chi connectivity index (χ0n) is 11.8. The molecule has 0 unspecified atom stereocenters. The molecule has 0 aromatic rings. The zero-order chi connectivity index (χ0) is 14.1. The van der Waals surface area contributed by atoms with Crippen molar-refractivity contribution in [1.82, 2.24) is 10.3 Å². The number of likely N-dealkylation sites (tertiary alicyclic amines) is 1. The van der Waals surface area contributed by atoms with Crippen LogP contribution in [0.1, 0.15) is 39.5 Å². The number of carbonyl (C=O) groups excluding carboxylic acids is 2. The number of carbonyl (C=O) groups is 2. The molecule has 0 saturated carbocycles. The van der Waals surface area contributed by atoms with Gasteiger partial charge in [0.25, 0.3) is 5.91 Å². The van der Waals surface area contributed by atoms with Gasteiger partial charge in [0.15, 0.2) is 0 Å². The van der Waals surface area contributed by atoms with Crippen LogP contribution < -0.4 is 5.43 Å². The Morgan fingerprint density at radius 2 is 1.95 bits per heavy atom. The van der Waals surface area contributed by atoms with Gasteiger partial charge in [-0.1, -0.05) is 6.42 Å². The normalized spacial score (nSPS) is 17.1. The highest BCUT2D eigenvalue weighted by molar-refractivity contribution is 5.98. The van der Waals surface area contributed by atoms with Gasteiger partial charge in [-0.25, -0.2) is 5.43 Å². The van der Waals surface area contributed by atoms with Gasteiger partial charge in [0.1, 0.15) is 0 Å². The summed E-state index contributed by atoms with van der Waals surface area (Å²) in [7, 11) is 0. The Bertz CT molecular complexity index is 336. The van der Waals surface area contributed by atoms with Crippen molar-refractivity contribution in [3.8, 4) is 0 Å².